The summed E-state index contributed by atoms with van der Waals surface area (Å²) in [5.41, 5.74) is 3.90. The van der Waals surface area contributed by atoms with E-state index in [1.807, 2.05) is 54.6 Å². The summed E-state index contributed by atoms with van der Waals surface area (Å²) in [6, 6.07) is 23.9. The van der Waals surface area contributed by atoms with Crippen molar-refractivity contribution in [3.05, 3.63) is 123 Å². The van der Waals surface area contributed by atoms with Crippen LogP contribution in [-0.4, -0.2) is 35.6 Å². The van der Waals surface area contributed by atoms with Crippen LogP contribution in [0.2, 0.25) is 0 Å². The molecule has 42 heavy (non-hydrogen) atoms. The van der Waals surface area contributed by atoms with Crippen LogP contribution in [0.1, 0.15) is 48.9 Å². The number of halogens is 1. The first-order chi connectivity index (χ1) is 20.4. The van der Waals surface area contributed by atoms with Gasteiger partial charge in [-0.2, -0.15) is 0 Å². The summed E-state index contributed by atoms with van der Waals surface area (Å²) in [5, 5.41) is 3.64. The second-order valence-electron chi connectivity index (χ2n) is 9.71. The fourth-order valence-electron chi connectivity index (χ4n) is 5.19. The smallest absolute Gasteiger partial charge is 0.337 e. The number of benzene rings is 3. The number of carbonyl (C=O) groups excluding carboxylic acids is 1. The lowest BCUT2D eigenvalue weighted by molar-refractivity contribution is -0.138. The number of hydrogen-bond donors (Lipinski definition) is 2. The first-order valence-corrected chi connectivity index (χ1v) is 15.0. The molecule has 3 aromatic carbocycles. The Morgan fingerprint density at radius 3 is 2.33 bits per heavy atom. The second kappa shape index (κ2) is 13.1. The molecule has 216 valence electrons. The van der Waals surface area contributed by atoms with E-state index in [2.05, 4.69) is 29.0 Å². The third kappa shape index (κ3) is 5.97. The standard InChI is InChI=1S/C33H33FN4O3S/c1-4-38(5-2)24-18-16-21(17-19-24)26-27(32(40)41-6-3)29(22-12-8-7-9-13-22)35-30-28(26)31(39)37-33(36-30)42-20-23-14-10-11-15-25(23)34/h7-19,26H,4-6,20H2,1-3H3,(H2,35,36,37,39). The van der Waals surface area contributed by atoms with E-state index >= 15 is 0 Å². The third-order valence-electron chi connectivity index (χ3n) is 7.26. The van der Waals surface area contributed by atoms with Crippen molar-refractivity contribution in [2.45, 2.75) is 37.6 Å². The highest BCUT2D eigenvalue weighted by Gasteiger charge is 2.38. The molecule has 0 fully saturated rings. The molecule has 1 unspecified atom stereocenters. The van der Waals surface area contributed by atoms with E-state index < -0.39 is 11.9 Å². The Labute approximate surface area is 248 Å². The molecule has 7 nitrogen and oxygen atoms in total. The van der Waals surface area contributed by atoms with Crippen molar-refractivity contribution in [3.63, 3.8) is 0 Å². The van der Waals surface area contributed by atoms with Gasteiger partial charge in [0.15, 0.2) is 5.16 Å². The molecule has 2 N–H and O–H groups in total. The maximum Gasteiger partial charge on any atom is 0.337 e. The molecule has 1 atom stereocenters. The average Bonchev–Trinajstić information content (AvgIpc) is 3.01. The lowest BCUT2D eigenvalue weighted by Crippen LogP contribution is -2.31. The summed E-state index contributed by atoms with van der Waals surface area (Å²) in [4.78, 5) is 37.2. The van der Waals surface area contributed by atoms with E-state index in [0.29, 0.717) is 39.1 Å². The fourth-order valence-corrected chi connectivity index (χ4v) is 6.04. The number of aromatic amines is 1. The van der Waals surface area contributed by atoms with Gasteiger partial charge >= 0.3 is 5.97 Å². The van der Waals surface area contributed by atoms with Gasteiger partial charge in [0.05, 0.1) is 29.4 Å². The number of nitrogens with zero attached hydrogens (tertiary/aromatic N) is 2. The van der Waals surface area contributed by atoms with Gasteiger partial charge in [-0.1, -0.05) is 72.4 Å². The Bertz CT molecular complexity index is 1650. The van der Waals surface area contributed by atoms with Crippen LogP contribution in [0.4, 0.5) is 15.9 Å². The number of aromatic nitrogens is 2. The van der Waals surface area contributed by atoms with Crippen LogP contribution in [0.15, 0.2) is 94.4 Å². The third-order valence-corrected chi connectivity index (χ3v) is 8.18. The van der Waals surface area contributed by atoms with Crippen LogP contribution in [0, 0.1) is 5.82 Å². The van der Waals surface area contributed by atoms with Crippen molar-refractivity contribution in [2.75, 3.05) is 29.9 Å². The minimum atomic E-state index is -0.733. The Morgan fingerprint density at radius 2 is 1.67 bits per heavy atom. The van der Waals surface area contributed by atoms with Gasteiger partial charge < -0.3 is 19.9 Å². The minimum absolute atomic E-state index is 0.186. The molecule has 4 aromatic rings. The molecule has 1 aliphatic rings. The lowest BCUT2D eigenvalue weighted by Gasteiger charge is -2.30. The zero-order chi connectivity index (χ0) is 29.6. The summed E-state index contributed by atoms with van der Waals surface area (Å²) >= 11 is 1.23. The van der Waals surface area contributed by atoms with Crippen LogP contribution in [-0.2, 0) is 15.3 Å². The van der Waals surface area contributed by atoms with Crippen molar-refractivity contribution >= 4 is 34.9 Å². The number of thioether (sulfide) groups is 1. The second-order valence-corrected chi connectivity index (χ2v) is 10.7. The highest BCUT2D eigenvalue weighted by molar-refractivity contribution is 7.98. The average molecular weight is 585 g/mol. The number of carbonyl (C=O) groups is 1. The van der Waals surface area contributed by atoms with Crippen molar-refractivity contribution in [1.29, 1.82) is 0 Å². The molecule has 0 spiro atoms. The quantitative estimate of drug-likeness (QED) is 0.124. The first kappa shape index (κ1) is 29.1. The molecule has 0 saturated carbocycles. The van der Waals surface area contributed by atoms with Gasteiger partial charge in [0.25, 0.3) is 5.56 Å². The number of ether oxygens (including phenoxy) is 1. The molecule has 0 bridgehead atoms. The summed E-state index contributed by atoms with van der Waals surface area (Å²) in [6.07, 6.45) is 0. The molecular weight excluding hydrogens is 551 g/mol. The van der Waals surface area contributed by atoms with Gasteiger partial charge in [0, 0.05) is 24.5 Å². The van der Waals surface area contributed by atoms with Crippen molar-refractivity contribution in [3.8, 4) is 0 Å². The van der Waals surface area contributed by atoms with Crippen LogP contribution >= 0.6 is 11.8 Å². The molecule has 9 heteroatoms. The number of H-pyrrole nitrogens is 1. The predicted octanol–water partition coefficient (Wildman–Crippen LogP) is 6.58. The molecule has 0 radical (unpaired) electrons. The van der Waals surface area contributed by atoms with E-state index in [1.165, 1.54) is 17.8 Å². The maximum atomic E-state index is 14.3. The van der Waals surface area contributed by atoms with E-state index in [-0.39, 0.29) is 18.0 Å². The van der Waals surface area contributed by atoms with E-state index in [4.69, 9.17) is 9.72 Å². The molecule has 1 aromatic heterocycles. The van der Waals surface area contributed by atoms with Crippen LogP contribution in [0.25, 0.3) is 5.70 Å². The maximum absolute atomic E-state index is 14.3. The molecule has 5 rings (SSSR count). The number of hydrogen-bond acceptors (Lipinski definition) is 7. The van der Waals surface area contributed by atoms with Crippen LogP contribution in [0.3, 0.4) is 0 Å². The topological polar surface area (TPSA) is 87.3 Å². The summed E-state index contributed by atoms with van der Waals surface area (Å²) in [7, 11) is 0. The predicted molar refractivity (Wildman–Crippen MR) is 166 cm³/mol. The van der Waals surface area contributed by atoms with Gasteiger partial charge in [-0.3, -0.25) is 4.79 Å². The van der Waals surface area contributed by atoms with Gasteiger partial charge in [0.2, 0.25) is 0 Å². The van der Waals surface area contributed by atoms with Crippen molar-refractivity contribution < 1.29 is 13.9 Å². The summed E-state index contributed by atoms with van der Waals surface area (Å²) in [5.74, 6) is -0.919. The summed E-state index contributed by atoms with van der Waals surface area (Å²) < 4.78 is 19.8. The monoisotopic (exact) mass is 584 g/mol. The van der Waals surface area contributed by atoms with Crippen molar-refractivity contribution in [1.82, 2.24) is 9.97 Å². The highest BCUT2D eigenvalue weighted by Crippen LogP contribution is 2.43. The zero-order valence-corrected chi connectivity index (χ0v) is 24.6. The normalized spacial score (nSPS) is 14.2. The Balaban J connectivity index is 1.65. The largest absolute Gasteiger partial charge is 0.463 e. The van der Waals surface area contributed by atoms with E-state index in [9.17, 15) is 14.0 Å². The number of esters is 1. The Kier molecular flexibility index (Phi) is 9.07. The van der Waals surface area contributed by atoms with Crippen molar-refractivity contribution in [2.24, 2.45) is 0 Å². The van der Waals surface area contributed by atoms with Gasteiger partial charge in [0.1, 0.15) is 11.6 Å². The molecule has 0 amide bonds. The van der Waals surface area contributed by atoms with Crippen LogP contribution in [0.5, 0.6) is 0 Å². The number of rotatable bonds is 10. The molecule has 0 saturated heterocycles. The Hall–Kier alpha value is -4.37. The molecule has 2 heterocycles. The minimum Gasteiger partial charge on any atom is -0.463 e. The molecule has 1 aliphatic heterocycles. The number of nitrogens with one attached hydrogen (secondary N) is 2. The Morgan fingerprint density at radius 1 is 0.976 bits per heavy atom. The first-order valence-electron chi connectivity index (χ1n) is 14.0. The van der Waals surface area contributed by atoms with E-state index in [0.717, 1.165) is 29.9 Å². The zero-order valence-electron chi connectivity index (χ0n) is 23.8. The SMILES string of the molecule is CCOC(=O)C1=C(c2ccccc2)Nc2nc(SCc3ccccc3F)[nH]c(=O)c2C1c1ccc(N(CC)CC)cc1. The van der Waals surface area contributed by atoms with Crippen LogP contribution < -0.4 is 15.8 Å². The van der Waals surface area contributed by atoms with Gasteiger partial charge in [-0.25, -0.2) is 14.2 Å². The van der Waals surface area contributed by atoms with E-state index in [1.54, 1.807) is 25.1 Å². The summed E-state index contributed by atoms with van der Waals surface area (Å²) in [6.45, 7) is 7.85. The highest BCUT2D eigenvalue weighted by atomic mass is 32.2. The fraction of sp³-hybridized carbons (Fsp3) is 0.242. The van der Waals surface area contributed by atoms with Gasteiger partial charge in [-0.05, 0) is 55.7 Å². The number of fused-ring (bicyclic) bond motifs is 1. The number of anilines is 2. The molecular formula is C33H33FN4O3S. The van der Waals surface area contributed by atoms with Gasteiger partial charge in [-0.15, -0.1) is 0 Å². The lowest BCUT2D eigenvalue weighted by atomic mass is 9.81. The molecule has 0 aliphatic carbocycles.